The summed E-state index contributed by atoms with van der Waals surface area (Å²) in [6.07, 6.45) is 2.46. The van der Waals surface area contributed by atoms with Crippen LogP contribution >= 0.6 is 0 Å². The number of ether oxygens (including phenoxy) is 2. The van der Waals surface area contributed by atoms with E-state index in [0.717, 1.165) is 12.0 Å². The van der Waals surface area contributed by atoms with E-state index in [1.165, 1.54) is 0 Å². The number of hydrogen-bond acceptors (Lipinski definition) is 6. The van der Waals surface area contributed by atoms with Crippen LogP contribution in [0.25, 0.3) is 22.4 Å². The number of fused-ring (bicyclic) bond motifs is 2. The molecule has 0 spiro atoms. The van der Waals surface area contributed by atoms with E-state index >= 15 is 0 Å². The molecule has 2 aromatic heterocycles. The lowest BCUT2D eigenvalue weighted by molar-refractivity contribution is 0.0951. The van der Waals surface area contributed by atoms with Crippen LogP contribution in [0.15, 0.2) is 65.6 Å². The number of aryl methyl sites for hydroxylation is 1. The summed E-state index contributed by atoms with van der Waals surface area (Å²) >= 11 is 0. The van der Waals surface area contributed by atoms with E-state index in [2.05, 4.69) is 15.3 Å². The van der Waals surface area contributed by atoms with Gasteiger partial charge in [0.1, 0.15) is 11.2 Å². The number of carbonyl (C=O) groups excluding carboxylic acids is 1. The zero-order valence-corrected chi connectivity index (χ0v) is 18.1. The first kappa shape index (κ1) is 20.7. The minimum Gasteiger partial charge on any atom is -0.454 e. The molecule has 0 aliphatic carbocycles. The Kier molecular flexibility index (Phi) is 5.48. The number of hydrogen-bond donors (Lipinski definition) is 1. The van der Waals surface area contributed by atoms with Gasteiger partial charge in [0.25, 0.3) is 11.5 Å². The Morgan fingerprint density at radius 2 is 1.91 bits per heavy atom. The molecular weight excluding hydrogens is 420 g/mol. The second-order valence-corrected chi connectivity index (χ2v) is 7.71. The van der Waals surface area contributed by atoms with Crippen LogP contribution in [0.1, 0.15) is 29.3 Å². The zero-order chi connectivity index (χ0) is 22.8. The third-order valence-electron chi connectivity index (χ3n) is 5.46. The van der Waals surface area contributed by atoms with Crippen LogP contribution in [0, 0.1) is 0 Å². The Bertz CT molecular complexity index is 1400. The second-order valence-electron chi connectivity index (χ2n) is 7.71. The summed E-state index contributed by atoms with van der Waals surface area (Å²) in [5.74, 6) is 1.17. The van der Waals surface area contributed by atoms with E-state index in [-0.39, 0.29) is 18.3 Å². The lowest BCUT2D eigenvalue weighted by Crippen LogP contribution is -2.24. The maximum Gasteiger partial charge on any atom is 0.278 e. The van der Waals surface area contributed by atoms with Crippen molar-refractivity contribution in [2.24, 2.45) is 0 Å². The highest BCUT2D eigenvalue weighted by Gasteiger charge is 2.15. The quantitative estimate of drug-likeness (QED) is 0.491. The summed E-state index contributed by atoms with van der Waals surface area (Å²) in [5, 5.41) is 2.90. The molecular formula is C25H22N4O4. The predicted octanol–water partition coefficient (Wildman–Crippen LogP) is 3.53. The molecule has 0 saturated carbocycles. The van der Waals surface area contributed by atoms with Gasteiger partial charge in [-0.2, -0.15) is 0 Å². The highest BCUT2D eigenvalue weighted by atomic mass is 16.7. The molecule has 3 heterocycles. The van der Waals surface area contributed by atoms with Crippen molar-refractivity contribution in [3.05, 3.63) is 82.3 Å². The van der Waals surface area contributed by atoms with Gasteiger partial charge in [0, 0.05) is 30.4 Å². The first-order valence-corrected chi connectivity index (χ1v) is 10.8. The lowest BCUT2D eigenvalue weighted by Gasteiger charge is -2.11. The van der Waals surface area contributed by atoms with Gasteiger partial charge in [0.05, 0.1) is 0 Å². The fourth-order valence-corrected chi connectivity index (χ4v) is 3.81. The Hall–Kier alpha value is -4.20. The summed E-state index contributed by atoms with van der Waals surface area (Å²) in [7, 11) is 0. The number of nitrogens with one attached hydrogen (secondary N) is 1. The van der Waals surface area contributed by atoms with Crippen LogP contribution in [-0.4, -0.2) is 27.2 Å². The minimum atomic E-state index is -0.210. The molecule has 1 aliphatic heterocycles. The van der Waals surface area contributed by atoms with Crippen LogP contribution < -0.4 is 20.3 Å². The number of carbonyl (C=O) groups is 1. The van der Waals surface area contributed by atoms with E-state index in [9.17, 15) is 9.59 Å². The van der Waals surface area contributed by atoms with Crippen LogP contribution in [0.2, 0.25) is 0 Å². The maximum atomic E-state index is 13.1. The van der Waals surface area contributed by atoms with Crippen LogP contribution in [0.4, 0.5) is 0 Å². The third-order valence-corrected chi connectivity index (χ3v) is 5.46. The first-order valence-electron chi connectivity index (χ1n) is 10.8. The summed E-state index contributed by atoms with van der Waals surface area (Å²) in [6.45, 7) is 3.14. The van der Waals surface area contributed by atoms with Crippen LogP contribution in [0.3, 0.4) is 0 Å². The van der Waals surface area contributed by atoms with Crippen molar-refractivity contribution >= 4 is 17.1 Å². The standard InChI is InChI=1S/C25H22N4O4/c1-2-12-29-23-19(4-3-11-26-23)28-22(25(29)31)17-6-8-18(9-7-17)24(30)27-14-16-5-10-20-21(13-16)33-15-32-20/h3-11,13H,2,12,14-15H2,1H3,(H,27,30). The van der Waals surface area contributed by atoms with Gasteiger partial charge in [-0.25, -0.2) is 9.97 Å². The number of nitrogens with zero attached hydrogens (tertiary/aromatic N) is 3. The topological polar surface area (TPSA) is 95.3 Å². The Morgan fingerprint density at radius 3 is 2.73 bits per heavy atom. The Labute approximate surface area is 189 Å². The Balaban J connectivity index is 1.36. The fourth-order valence-electron chi connectivity index (χ4n) is 3.81. The predicted molar refractivity (Wildman–Crippen MR) is 123 cm³/mol. The maximum absolute atomic E-state index is 13.1. The zero-order valence-electron chi connectivity index (χ0n) is 18.1. The van der Waals surface area contributed by atoms with Gasteiger partial charge in [-0.1, -0.05) is 25.1 Å². The van der Waals surface area contributed by atoms with Gasteiger partial charge >= 0.3 is 0 Å². The highest BCUT2D eigenvalue weighted by Crippen LogP contribution is 2.32. The normalized spacial score (nSPS) is 12.2. The molecule has 0 unspecified atom stereocenters. The molecule has 166 valence electrons. The van der Waals surface area contributed by atoms with Gasteiger partial charge in [0.15, 0.2) is 17.1 Å². The number of amides is 1. The molecule has 8 heteroatoms. The van der Waals surface area contributed by atoms with E-state index in [1.54, 1.807) is 41.1 Å². The highest BCUT2D eigenvalue weighted by molar-refractivity contribution is 5.94. The molecule has 1 aliphatic rings. The van der Waals surface area contributed by atoms with Crippen LogP contribution in [0.5, 0.6) is 11.5 Å². The molecule has 1 amide bonds. The van der Waals surface area contributed by atoms with E-state index in [1.807, 2.05) is 31.2 Å². The average Bonchev–Trinajstić information content (AvgIpc) is 3.32. The summed E-state index contributed by atoms with van der Waals surface area (Å²) in [6, 6.07) is 16.1. The number of pyridine rings is 1. The molecule has 0 radical (unpaired) electrons. The minimum absolute atomic E-state index is 0.192. The average molecular weight is 442 g/mol. The second kappa shape index (κ2) is 8.74. The lowest BCUT2D eigenvalue weighted by atomic mass is 10.1. The Morgan fingerprint density at radius 1 is 1.09 bits per heavy atom. The van der Waals surface area contributed by atoms with Gasteiger partial charge in [-0.05, 0) is 48.4 Å². The molecule has 5 rings (SSSR count). The molecule has 8 nitrogen and oxygen atoms in total. The molecule has 0 fully saturated rings. The van der Waals surface area contributed by atoms with Gasteiger partial charge in [0.2, 0.25) is 6.79 Å². The molecule has 0 saturated heterocycles. The summed E-state index contributed by atoms with van der Waals surface area (Å²) in [4.78, 5) is 34.6. The van der Waals surface area contributed by atoms with Crippen molar-refractivity contribution in [3.8, 4) is 22.8 Å². The number of rotatable bonds is 6. The molecule has 33 heavy (non-hydrogen) atoms. The fraction of sp³-hybridized carbons (Fsp3) is 0.200. The monoisotopic (exact) mass is 442 g/mol. The third kappa shape index (κ3) is 4.03. The summed E-state index contributed by atoms with van der Waals surface area (Å²) < 4.78 is 12.3. The van der Waals surface area contributed by atoms with Crippen molar-refractivity contribution in [1.82, 2.24) is 19.9 Å². The molecule has 4 aromatic rings. The molecule has 0 atom stereocenters. The molecule has 0 bridgehead atoms. The smallest absolute Gasteiger partial charge is 0.278 e. The van der Waals surface area contributed by atoms with E-state index < -0.39 is 0 Å². The molecule has 1 N–H and O–H groups in total. The number of aromatic nitrogens is 3. The summed E-state index contributed by atoms with van der Waals surface area (Å²) in [5.41, 5.74) is 3.45. The number of benzene rings is 2. The SMILES string of the molecule is CCCn1c(=O)c(-c2ccc(C(=O)NCc3ccc4c(c3)OCO4)cc2)nc2cccnc21. The van der Waals surface area contributed by atoms with Gasteiger partial charge in [-0.15, -0.1) is 0 Å². The van der Waals surface area contributed by atoms with Crippen molar-refractivity contribution in [2.45, 2.75) is 26.4 Å². The van der Waals surface area contributed by atoms with E-state index in [4.69, 9.17) is 9.47 Å². The van der Waals surface area contributed by atoms with Crippen molar-refractivity contribution < 1.29 is 14.3 Å². The van der Waals surface area contributed by atoms with Crippen molar-refractivity contribution in [2.75, 3.05) is 6.79 Å². The van der Waals surface area contributed by atoms with Crippen molar-refractivity contribution in [3.63, 3.8) is 0 Å². The first-order chi connectivity index (χ1) is 16.1. The molecule has 2 aromatic carbocycles. The largest absolute Gasteiger partial charge is 0.454 e. The van der Waals surface area contributed by atoms with Gasteiger partial charge < -0.3 is 14.8 Å². The van der Waals surface area contributed by atoms with Gasteiger partial charge in [-0.3, -0.25) is 14.2 Å². The van der Waals surface area contributed by atoms with Crippen molar-refractivity contribution in [1.29, 1.82) is 0 Å². The van der Waals surface area contributed by atoms with Crippen LogP contribution in [-0.2, 0) is 13.1 Å². The van der Waals surface area contributed by atoms with E-state index in [0.29, 0.717) is 52.6 Å².